The number of fused-ring (bicyclic) bond motifs is 1. The normalized spacial score (nSPS) is 13.9. The summed E-state index contributed by atoms with van der Waals surface area (Å²) in [4.78, 5) is 13.9. The lowest BCUT2D eigenvalue weighted by Crippen LogP contribution is -2.16. The van der Waals surface area contributed by atoms with Crippen LogP contribution in [0, 0.1) is 19.7 Å². The van der Waals surface area contributed by atoms with E-state index >= 15 is 4.39 Å². The lowest BCUT2D eigenvalue weighted by atomic mass is 10.0. The Kier molecular flexibility index (Phi) is 8.47. The number of halogens is 5. The standard InChI is InChI=1S/C24H21F5N4.C4H7NO/c1-14-6-7-16(10-15(14)2)21-13-31-23-20(30-9-8-24(27,28)29)12-19(32-33(21)23)22(26)17-4-3-5-18(25)11-17;6-3-5-4-1-2-4/h3-7,10-13,22,30H,8-9H2,1-2H3;3-4H,1-2H2,(H,5,6). The molecule has 2 heterocycles. The van der Waals surface area contributed by atoms with Crippen molar-refractivity contribution < 1.29 is 26.7 Å². The van der Waals surface area contributed by atoms with Crippen LogP contribution in [0.15, 0.2) is 54.7 Å². The molecule has 0 radical (unpaired) electrons. The van der Waals surface area contributed by atoms with Crippen LogP contribution >= 0.6 is 0 Å². The van der Waals surface area contributed by atoms with Gasteiger partial charge in [0.25, 0.3) is 0 Å². The number of benzene rings is 2. The Morgan fingerprint density at radius 1 is 1.10 bits per heavy atom. The molecule has 1 aliphatic rings. The van der Waals surface area contributed by atoms with Crippen molar-refractivity contribution in [3.63, 3.8) is 0 Å². The third kappa shape index (κ3) is 7.30. The first kappa shape index (κ1) is 28.0. The molecular formula is C28H28F5N5O. The van der Waals surface area contributed by atoms with Crippen LogP contribution in [0.1, 0.15) is 47.8 Å². The molecule has 6 nitrogen and oxygen atoms in total. The van der Waals surface area contributed by atoms with Gasteiger partial charge in [0.2, 0.25) is 6.41 Å². The number of nitrogens with one attached hydrogen (secondary N) is 2. The molecule has 1 fully saturated rings. The Hall–Kier alpha value is -4.02. The number of alkyl halides is 4. The monoisotopic (exact) mass is 545 g/mol. The van der Waals surface area contributed by atoms with Gasteiger partial charge < -0.3 is 10.6 Å². The van der Waals surface area contributed by atoms with E-state index in [-0.39, 0.29) is 22.6 Å². The SMILES string of the molecule is Cc1ccc(-c2cnc3c(NCCC(F)(F)F)cc(C(F)c4cccc(F)c4)nn23)cc1C.O=CNC1CC1. The van der Waals surface area contributed by atoms with E-state index in [4.69, 9.17) is 0 Å². The van der Waals surface area contributed by atoms with Crippen molar-refractivity contribution in [3.05, 3.63) is 82.9 Å². The molecule has 0 aliphatic heterocycles. The predicted molar refractivity (Wildman–Crippen MR) is 139 cm³/mol. The number of hydrogen-bond donors (Lipinski definition) is 2. The average Bonchev–Trinajstić information content (AvgIpc) is 3.60. The number of anilines is 1. The van der Waals surface area contributed by atoms with Crippen LogP contribution in [0.2, 0.25) is 0 Å². The van der Waals surface area contributed by atoms with Crippen molar-refractivity contribution in [2.24, 2.45) is 0 Å². The predicted octanol–water partition coefficient (Wildman–Crippen LogP) is 6.47. The molecule has 5 rings (SSSR count). The Labute approximate surface area is 222 Å². The average molecular weight is 546 g/mol. The third-order valence-corrected chi connectivity index (χ3v) is 6.30. The Bertz CT molecular complexity index is 1450. The van der Waals surface area contributed by atoms with E-state index in [2.05, 4.69) is 20.7 Å². The van der Waals surface area contributed by atoms with Crippen LogP contribution in [0.25, 0.3) is 16.9 Å². The van der Waals surface area contributed by atoms with Crippen molar-refractivity contribution in [2.75, 3.05) is 11.9 Å². The molecule has 1 unspecified atom stereocenters. The highest BCUT2D eigenvalue weighted by Gasteiger charge is 2.27. The molecule has 0 spiro atoms. The number of aromatic nitrogens is 3. The zero-order valence-corrected chi connectivity index (χ0v) is 21.4. The second-order valence-electron chi connectivity index (χ2n) is 9.43. The molecule has 39 heavy (non-hydrogen) atoms. The van der Waals surface area contributed by atoms with Crippen LogP contribution in [0.5, 0.6) is 0 Å². The zero-order chi connectivity index (χ0) is 28.2. The van der Waals surface area contributed by atoms with Gasteiger partial charge in [0, 0.05) is 18.2 Å². The summed E-state index contributed by atoms with van der Waals surface area (Å²) >= 11 is 0. The quantitative estimate of drug-likeness (QED) is 0.197. The zero-order valence-electron chi connectivity index (χ0n) is 21.4. The Morgan fingerprint density at radius 2 is 1.87 bits per heavy atom. The van der Waals surface area contributed by atoms with Gasteiger partial charge in [0.05, 0.1) is 24.0 Å². The van der Waals surface area contributed by atoms with E-state index < -0.39 is 31.1 Å². The third-order valence-electron chi connectivity index (χ3n) is 6.30. The minimum Gasteiger partial charge on any atom is -0.382 e. The first-order valence-corrected chi connectivity index (χ1v) is 12.4. The fraction of sp³-hybridized carbons (Fsp3) is 0.321. The molecule has 0 saturated heterocycles. The summed E-state index contributed by atoms with van der Waals surface area (Å²) in [6, 6.07) is 12.7. The second kappa shape index (κ2) is 11.8. The van der Waals surface area contributed by atoms with Gasteiger partial charge in [-0.2, -0.15) is 18.3 Å². The van der Waals surface area contributed by atoms with Gasteiger partial charge in [-0.15, -0.1) is 0 Å². The molecule has 4 aromatic rings. The molecule has 1 saturated carbocycles. The van der Waals surface area contributed by atoms with E-state index in [1.807, 2.05) is 32.0 Å². The lowest BCUT2D eigenvalue weighted by Gasteiger charge is -2.14. The maximum absolute atomic E-state index is 15.4. The minimum atomic E-state index is -4.34. The van der Waals surface area contributed by atoms with Gasteiger partial charge in [-0.1, -0.05) is 24.3 Å². The molecule has 11 heteroatoms. The van der Waals surface area contributed by atoms with Crippen molar-refractivity contribution in [2.45, 2.75) is 51.5 Å². The lowest BCUT2D eigenvalue weighted by molar-refractivity contribution is -0.131. The molecule has 0 bridgehead atoms. The van der Waals surface area contributed by atoms with E-state index in [0.717, 1.165) is 29.2 Å². The maximum atomic E-state index is 15.4. The van der Waals surface area contributed by atoms with Crippen LogP contribution in [0.4, 0.5) is 27.6 Å². The topological polar surface area (TPSA) is 71.3 Å². The van der Waals surface area contributed by atoms with Crippen LogP contribution < -0.4 is 10.6 Å². The molecule has 1 amide bonds. The maximum Gasteiger partial charge on any atom is 0.390 e. The number of amides is 1. The van der Waals surface area contributed by atoms with Gasteiger partial charge >= 0.3 is 6.18 Å². The summed E-state index contributed by atoms with van der Waals surface area (Å²) in [7, 11) is 0. The van der Waals surface area contributed by atoms with Gasteiger partial charge in [0.1, 0.15) is 11.5 Å². The smallest absolute Gasteiger partial charge is 0.382 e. The molecule has 1 aliphatic carbocycles. The molecule has 206 valence electrons. The largest absolute Gasteiger partial charge is 0.390 e. The Morgan fingerprint density at radius 3 is 2.49 bits per heavy atom. The fourth-order valence-corrected chi connectivity index (χ4v) is 3.86. The second-order valence-corrected chi connectivity index (χ2v) is 9.43. The summed E-state index contributed by atoms with van der Waals surface area (Å²) in [6.07, 6.45) is -2.54. The first-order valence-electron chi connectivity index (χ1n) is 12.4. The van der Waals surface area contributed by atoms with E-state index in [1.165, 1.54) is 41.6 Å². The number of imidazole rings is 1. The number of nitrogens with zero attached hydrogens (tertiary/aromatic N) is 3. The Balaban J connectivity index is 0.000000519. The minimum absolute atomic E-state index is 0.0518. The molecular weight excluding hydrogens is 517 g/mol. The number of rotatable bonds is 8. The molecule has 2 N–H and O–H groups in total. The van der Waals surface area contributed by atoms with Gasteiger partial charge in [0.15, 0.2) is 11.8 Å². The van der Waals surface area contributed by atoms with Crippen LogP contribution in [-0.4, -0.2) is 39.8 Å². The van der Waals surface area contributed by atoms with Crippen molar-refractivity contribution >= 4 is 17.7 Å². The fourth-order valence-electron chi connectivity index (χ4n) is 3.86. The van der Waals surface area contributed by atoms with Crippen molar-refractivity contribution in [3.8, 4) is 11.3 Å². The summed E-state index contributed by atoms with van der Waals surface area (Å²) in [6.45, 7) is 3.51. The summed E-state index contributed by atoms with van der Waals surface area (Å²) in [5.74, 6) is -0.599. The van der Waals surface area contributed by atoms with E-state index in [9.17, 15) is 22.4 Å². The van der Waals surface area contributed by atoms with Gasteiger partial charge in [-0.05, 0) is 67.6 Å². The van der Waals surface area contributed by atoms with Gasteiger partial charge in [-0.3, -0.25) is 4.79 Å². The number of aryl methyl sites for hydroxylation is 2. The summed E-state index contributed by atoms with van der Waals surface area (Å²) in [5.41, 5.74) is 3.90. The summed E-state index contributed by atoms with van der Waals surface area (Å²) < 4.78 is 68.4. The van der Waals surface area contributed by atoms with Crippen LogP contribution in [-0.2, 0) is 4.79 Å². The van der Waals surface area contributed by atoms with Crippen LogP contribution in [0.3, 0.4) is 0 Å². The highest BCUT2D eigenvalue weighted by molar-refractivity contribution is 5.73. The van der Waals surface area contributed by atoms with Crippen molar-refractivity contribution in [1.29, 1.82) is 0 Å². The van der Waals surface area contributed by atoms with Gasteiger partial charge in [-0.25, -0.2) is 18.3 Å². The van der Waals surface area contributed by atoms with E-state index in [0.29, 0.717) is 11.7 Å². The number of carbonyl (C=O) groups excluding carboxylic acids is 1. The highest BCUT2D eigenvalue weighted by atomic mass is 19.4. The molecule has 2 aromatic carbocycles. The van der Waals surface area contributed by atoms with Crippen molar-refractivity contribution in [1.82, 2.24) is 19.9 Å². The number of hydrogen-bond acceptors (Lipinski definition) is 4. The molecule has 1 atom stereocenters. The summed E-state index contributed by atoms with van der Waals surface area (Å²) in [5, 5.41) is 9.72. The first-order chi connectivity index (χ1) is 18.6. The van der Waals surface area contributed by atoms with E-state index in [1.54, 1.807) is 6.20 Å². The molecule has 2 aromatic heterocycles. The highest BCUT2D eigenvalue weighted by Crippen LogP contribution is 2.31. The number of carbonyl (C=O) groups is 1.